The molecule has 0 unspecified atom stereocenters. The molecule has 19 heavy (non-hydrogen) atoms. The largest absolute Gasteiger partial charge is 0.480 e. The zero-order chi connectivity index (χ0) is 14.7. The summed E-state index contributed by atoms with van der Waals surface area (Å²) in [4.78, 5) is 32.3. The van der Waals surface area contributed by atoms with Gasteiger partial charge in [0.2, 0.25) is 0 Å². The number of aliphatic carboxylic acids is 1. The van der Waals surface area contributed by atoms with E-state index in [9.17, 15) is 19.7 Å². The van der Waals surface area contributed by atoms with E-state index in [1.807, 2.05) is 0 Å². The number of carboxylic acid groups (broad SMARTS) is 1. The number of nitro groups is 1. The van der Waals surface area contributed by atoms with Crippen LogP contribution in [0.4, 0.5) is 11.4 Å². The summed E-state index contributed by atoms with van der Waals surface area (Å²) in [6, 6.07) is 0.979. The van der Waals surface area contributed by atoms with Crippen LogP contribution in [0.3, 0.4) is 0 Å². The van der Waals surface area contributed by atoms with Gasteiger partial charge in [0.25, 0.3) is 11.6 Å². The monoisotopic (exact) mass is 287 g/mol. The lowest BCUT2D eigenvalue weighted by molar-refractivity contribution is -0.383. The summed E-state index contributed by atoms with van der Waals surface area (Å²) < 4.78 is 0. The van der Waals surface area contributed by atoms with E-state index < -0.39 is 28.5 Å². The molecule has 0 spiro atoms. The van der Waals surface area contributed by atoms with Crippen molar-refractivity contribution < 1.29 is 19.6 Å². The van der Waals surface area contributed by atoms with Crippen LogP contribution in [-0.4, -0.2) is 27.9 Å². The Balaban J connectivity index is 3.17. The van der Waals surface area contributed by atoms with Crippen LogP contribution in [-0.2, 0) is 4.79 Å². The average molecular weight is 288 g/mol. The molecule has 0 aromatic heterocycles. The number of nitro benzene ring substituents is 1. The minimum Gasteiger partial charge on any atom is -0.480 e. The minimum absolute atomic E-state index is 0.0472. The minimum atomic E-state index is -1.25. The van der Waals surface area contributed by atoms with E-state index in [1.165, 1.54) is 6.92 Å². The molecule has 0 aliphatic rings. The van der Waals surface area contributed by atoms with E-state index >= 15 is 0 Å². The number of benzene rings is 1. The molecule has 0 radical (unpaired) electrons. The maximum absolute atomic E-state index is 11.8. The van der Waals surface area contributed by atoms with Crippen molar-refractivity contribution in [2.24, 2.45) is 0 Å². The van der Waals surface area contributed by atoms with Gasteiger partial charge in [-0.15, -0.1) is 0 Å². The number of hydrogen-bond donors (Lipinski definition) is 3. The number of nitrogens with one attached hydrogen (secondary N) is 1. The number of carboxylic acids is 1. The highest BCUT2D eigenvalue weighted by atomic mass is 35.5. The smallest absolute Gasteiger partial charge is 0.325 e. The summed E-state index contributed by atoms with van der Waals surface area (Å²) in [7, 11) is 0. The van der Waals surface area contributed by atoms with Gasteiger partial charge >= 0.3 is 5.97 Å². The Morgan fingerprint density at radius 2 is 2.11 bits per heavy atom. The molecule has 0 aliphatic carbocycles. The number of nitrogen functional groups attached to an aromatic ring is 1. The van der Waals surface area contributed by atoms with Crippen molar-refractivity contribution in [3.8, 4) is 0 Å². The van der Waals surface area contributed by atoms with Crippen molar-refractivity contribution in [1.82, 2.24) is 5.32 Å². The molecule has 0 aliphatic heterocycles. The van der Waals surface area contributed by atoms with Crippen LogP contribution in [0.25, 0.3) is 0 Å². The van der Waals surface area contributed by atoms with Gasteiger partial charge in [0, 0.05) is 11.1 Å². The number of nitrogens with zero attached hydrogens (tertiary/aromatic N) is 1. The summed E-state index contributed by atoms with van der Waals surface area (Å²) in [5.41, 5.74) is 4.37. The van der Waals surface area contributed by atoms with Crippen molar-refractivity contribution in [2.75, 3.05) is 5.73 Å². The van der Waals surface area contributed by atoms with Gasteiger partial charge in [-0.05, 0) is 13.0 Å². The molecule has 102 valence electrons. The highest BCUT2D eigenvalue weighted by Gasteiger charge is 2.23. The molecule has 1 aromatic carbocycles. The highest BCUT2D eigenvalue weighted by Crippen LogP contribution is 2.29. The van der Waals surface area contributed by atoms with Gasteiger partial charge in [-0.3, -0.25) is 19.7 Å². The summed E-state index contributed by atoms with van der Waals surface area (Å²) in [5, 5.41) is 21.5. The van der Waals surface area contributed by atoms with Crippen LogP contribution in [0, 0.1) is 10.1 Å². The molecule has 9 heteroatoms. The number of nitrogens with two attached hydrogens (primary N) is 1. The van der Waals surface area contributed by atoms with E-state index in [0.717, 1.165) is 12.1 Å². The number of amides is 1. The Morgan fingerprint density at radius 1 is 1.53 bits per heavy atom. The lowest BCUT2D eigenvalue weighted by atomic mass is 10.1. The molecule has 1 amide bonds. The number of halogens is 1. The third kappa shape index (κ3) is 3.32. The van der Waals surface area contributed by atoms with Gasteiger partial charge in [0.05, 0.1) is 10.5 Å². The molecule has 4 N–H and O–H groups in total. The predicted molar refractivity (Wildman–Crippen MR) is 67.1 cm³/mol. The summed E-state index contributed by atoms with van der Waals surface area (Å²) >= 11 is 5.65. The summed E-state index contributed by atoms with van der Waals surface area (Å²) in [5.74, 6) is -2.10. The second-order valence-electron chi connectivity index (χ2n) is 3.68. The lowest BCUT2D eigenvalue weighted by Gasteiger charge is -2.11. The number of hydrogen-bond acceptors (Lipinski definition) is 5. The predicted octanol–water partition coefficient (Wildman–Crippen LogP) is 1.03. The summed E-state index contributed by atoms with van der Waals surface area (Å²) in [6.07, 6.45) is 0. The molecule has 1 atom stereocenters. The van der Waals surface area contributed by atoms with Crippen molar-refractivity contribution >= 4 is 34.9 Å². The fraction of sp³-hybridized carbons (Fsp3) is 0.200. The fourth-order valence-corrected chi connectivity index (χ4v) is 1.49. The van der Waals surface area contributed by atoms with Crippen LogP contribution in [0.2, 0.25) is 5.02 Å². The SMILES string of the molecule is C[C@H](NC(=O)c1cc(Cl)cc([N+](=O)[O-])c1N)C(=O)O. The van der Waals surface area contributed by atoms with Crippen LogP contribution < -0.4 is 11.1 Å². The zero-order valence-corrected chi connectivity index (χ0v) is 10.5. The van der Waals surface area contributed by atoms with Crippen LogP contribution in [0.1, 0.15) is 17.3 Å². The Hall–Kier alpha value is -2.35. The maximum Gasteiger partial charge on any atom is 0.325 e. The average Bonchev–Trinajstić information content (AvgIpc) is 2.30. The van der Waals surface area contributed by atoms with Gasteiger partial charge in [-0.1, -0.05) is 11.6 Å². The third-order valence-corrected chi connectivity index (χ3v) is 2.50. The Kier molecular flexibility index (Phi) is 4.28. The molecule has 0 heterocycles. The Bertz CT molecular complexity index is 560. The van der Waals surface area contributed by atoms with E-state index in [-0.39, 0.29) is 16.3 Å². The van der Waals surface area contributed by atoms with Crippen molar-refractivity contribution in [2.45, 2.75) is 13.0 Å². The Labute approximate surface area is 112 Å². The quantitative estimate of drug-likeness (QED) is 0.430. The van der Waals surface area contributed by atoms with Gasteiger partial charge < -0.3 is 16.2 Å². The molecule has 1 aromatic rings. The van der Waals surface area contributed by atoms with Crippen LogP contribution >= 0.6 is 11.6 Å². The first-order chi connectivity index (χ1) is 8.73. The Morgan fingerprint density at radius 3 is 2.58 bits per heavy atom. The molecule has 1 rings (SSSR count). The maximum atomic E-state index is 11.8. The fourth-order valence-electron chi connectivity index (χ4n) is 1.28. The molecule has 0 fully saturated rings. The highest BCUT2D eigenvalue weighted by molar-refractivity contribution is 6.31. The molecular weight excluding hydrogens is 278 g/mol. The number of carbonyl (C=O) groups excluding carboxylic acids is 1. The first-order valence-corrected chi connectivity index (χ1v) is 5.39. The molecule has 0 bridgehead atoms. The number of carbonyl (C=O) groups is 2. The molecular formula is C10H10ClN3O5. The topological polar surface area (TPSA) is 136 Å². The van der Waals surface area contributed by atoms with E-state index in [1.54, 1.807) is 0 Å². The number of anilines is 1. The van der Waals surface area contributed by atoms with Crippen molar-refractivity contribution in [3.63, 3.8) is 0 Å². The second-order valence-corrected chi connectivity index (χ2v) is 4.11. The third-order valence-electron chi connectivity index (χ3n) is 2.28. The van der Waals surface area contributed by atoms with Gasteiger partial charge in [0.1, 0.15) is 11.7 Å². The van der Waals surface area contributed by atoms with E-state index in [4.69, 9.17) is 22.4 Å². The van der Waals surface area contributed by atoms with Crippen molar-refractivity contribution in [3.05, 3.63) is 32.8 Å². The van der Waals surface area contributed by atoms with E-state index in [2.05, 4.69) is 5.32 Å². The van der Waals surface area contributed by atoms with Gasteiger partial charge in [-0.25, -0.2) is 0 Å². The normalized spacial score (nSPS) is 11.7. The first kappa shape index (κ1) is 14.7. The lowest BCUT2D eigenvalue weighted by Crippen LogP contribution is -2.38. The van der Waals surface area contributed by atoms with Gasteiger partial charge in [0.15, 0.2) is 0 Å². The van der Waals surface area contributed by atoms with Crippen LogP contribution in [0.5, 0.6) is 0 Å². The molecule has 8 nitrogen and oxygen atoms in total. The van der Waals surface area contributed by atoms with Crippen LogP contribution in [0.15, 0.2) is 12.1 Å². The van der Waals surface area contributed by atoms with Crippen molar-refractivity contribution in [1.29, 1.82) is 0 Å². The number of rotatable bonds is 4. The standard InChI is InChI=1S/C10H10ClN3O5/c1-4(10(16)17)13-9(15)6-2-5(11)3-7(8(6)12)14(18)19/h2-4H,12H2,1H3,(H,13,15)(H,16,17)/t4-/m0/s1. The van der Waals surface area contributed by atoms with Gasteiger partial charge in [-0.2, -0.15) is 0 Å². The second kappa shape index (κ2) is 5.53. The van der Waals surface area contributed by atoms with E-state index in [0.29, 0.717) is 0 Å². The molecule has 0 saturated heterocycles. The molecule has 0 saturated carbocycles. The summed E-state index contributed by atoms with van der Waals surface area (Å²) in [6.45, 7) is 1.25. The first-order valence-electron chi connectivity index (χ1n) is 5.01. The zero-order valence-electron chi connectivity index (χ0n) is 9.71.